The van der Waals surface area contributed by atoms with E-state index in [4.69, 9.17) is 4.74 Å². The van der Waals surface area contributed by atoms with Crippen LogP contribution in [0.5, 0.6) is 0 Å². The molecule has 2 heteroatoms. The SMILES string of the molecule is C=C(/C=C\Sc1ccccc1)O[C@H]1CCCC[C@@H]1c1ccccc1. The predicted molar refractivity (Wildman–Crippen MR) is 103 cm³/mol. The maximum absolute atomic E-state index is 6.20. The van der Waals surface area contributed by atoms with E-state index >= 15 is 0 Å². The Hall–Kier alpha value is -1.93. The van der Waals surface area contributed by atoms with Gasteiger partial charge in [0.25, 0.3) is 0 Å². The van der Waals surface area contributed by atoms with Gasteiger partial charge in [0.2, 0.25) is 0 Å². The van der Waals surface area contributed by atoms with Gasteiger partial charge in [-0.1, -0.05) is 73.3 Å². The zero-order chi connectivity index (χ0) is 16.6. The van der Waals surface area contributed by atoms with Crippen LogP contribution >= 0.6 is 11.8 Å². The number of hydrogen-bond donors (Lipinski definition) is 0. The highest BCUT2D eigenvalue weighted by atomic mass is 32.2. The molecule has 2 aromatic carbocycles. The summed E-state index contributed by atoms with van der Waals surface area (Å²) in [4.78, 5) is 1.22. The van der Waals surface area contributed by atoms with Crippen LogP contribution in [0.2, 0.25) is 0 Å². The van der Waals surface area contributed by atoms with Crippen molar-refractivity contribution in [3.63, 3.8) is 0 Å². The minimum absolute atomic E-state index is 0.236. The minimum Gasteiger partial charge on any atom is -0.490 e. The number of hydrogen-bond acceptors (Lipinski definition) is 2. The van der Waals surface area contributed by atoms with Gasteiger partial charge in [0, 0.05) is 10.8 Å². The highest BCUT2D eigenvalue weighted by Gasteiger charge is 2.27. The van der Waals surface area contributed by atoms with Crippen molar-refractivity contribution in [1.29, 1.82) is 0 Å². The normalized spacial score (nSPS) is 20.8. The lowest BCUT2D eigenvalue weighted by Gasteiger charge is -2.32. The molecule has 0 saturated heterocycles. The molecule has 1 fully saturated rings. The molecule has 0 unspecified atom stereocenters. The van der Waals surface area contributed by atoms with Gasteiger partial charge in [0.05, 0.1) is 0 Å². The molecule has 0 spiro atoms. The van der Waals surface area contributed by atoms with Crippen LogP contribution in [-0.2, 0) is 4.74 Å². The molecule has 3 rings (SSSR count). The van der Waals surface area contributed by atoms with Gasteiger partial charge in [0.1, 0.15) is 11.9 Å². The van der Waals surface area contributed by atoms with Crippen molar-refractivity contribution in [1.82, 2.24) is 0 Å². The monoisotopic (exact) mass is 336 g/mol. The van der Waals surface area contributed by atoms with Crippen LogP contribution in [0.25, 0.3) is 0 Å². The lowest BCUT2D eigenvalue weighted by molar-refractivity contribution is 0.0710. The average Bonchev–Trinajstić information content (AvgIpc) is 2.64. The lowest BCUT2D eigenvalue weighted by atomic mass is 9.81. The van der Waals surface area contributed by atoms with Crippen molar-refractivity contribution in [2.24, 2.45) is 0 Å². The Morgan fingerprint density at radius 3 is 2.38 bits per heavy atom. The summed E-state index contributed by atoms with van der Waals surface area (Å²) in [7, 11) is 0. The topological polar surface area (TPSA) is 9.23 Å². The quantitative estimate of drug-likeness (QED) is 0.336. The molecule has 2 atom stereocenters. The summed E-state index contributed by atoms with van der Waals surface area (Å²) >= 11 is 1.69. The fourth-order valence-electron chi connectivity index (χ4n) is 3.24. The smallest absolute Gasteiger partial charge is 0.113 e. The summed E-state index contributed by atoms with van der Waals surface area (Å²) in [6.07, 6.45) is 7.05. The van der Waals surface area contributed by atoms with Crippen molar-refractivity contribution in [3.05, 3.63) is 90.0 Å². The van der Waals surface area contributed by atoms with E-state index in [-0.39, 0.29) is 6.10 Å². The van der Waals surface area contributed by atoms with E-state index in [1.165, 1.54) is 29.7 Å². The molecule has 2 aromatic rings. The number of rotatable bonds is 6. The van der Waals surface area contributed by atoms with Gasteiger partial charge in [-0.05, 0) is 48.4 Å². The maximum atomic E-state index is 6.20. The van der Waals surface area contributed by atoms with Gasteiger partial charge in [-0.2, -0.15) is 0 Å². The molecule has 124 valence electrons. The standard InChI is InChI=1S/C22H24OS/c1-18(16-17-24-20-12-6-3-7-13-20)23-22-15-9-8-14-21(22)19-10-4-2-5-11-19/h2-7,10-13,16-17,21-22H,1,8-9,14-15H2/b17-16-/t21-,22+/m1/s1. The van der Waals surface area contributed by atoms with E-state index in [9.17, 15) is 0 Å². The van der Waals surface area contributed by atoms with E-state index in [1.807, 2.05) is 24.3 Å². The van der Waals surface area contributed by atoms with E-state index in [1.54, 1.807) is 11.8 Å². The second-order valence-electron chi connectivity index (χ2n) is 6.16. The lowest BCUT2D eigenvalue weighted by Crippen LogP contribution is -2.25. The fourth-order valence-corrected chi connectivity index (χ4v) is 3.93. The largest absolute Gasteiger partial charge is 0.490 e. The minimum atomic E-state index is 0.236. The summed E-state index contributed by atoms with van der Waals surface area (Å²) in [5, 5.41) is 2.05. The first kappa shape index (κ1) is 16.9. The number of thioether (sulfide) groups is 1. The van der Waals surface area contributed by atoms with Crippen LogP contribution in [0, 0.1) is 0 Å². The van der Waals surface area contributed by atoms with Crippen LogP contribution in [0.15, 0.2) is 89.4 Å². The van der Waals surface area contributed by atoms with E-state index in [2.05, 4.69) is 54.5 Å². The molecule has 24 heavy (non-hydrogen) atoms. The molecule has 0 radical (unpaired) electrons. The molecular weight excluding hydrogens is 312 g/mol. The molecule has 0 bridgehead atoms. The maximum Gasteiger partial charge on any atom is 0.113 e. The molecule has 0 aliphatic heterocycles. The molecule has 1 saturated carbocycles. The summed E-state index contributed by atoms with van der Waals surface area (Å²) in [6, 6.07) is 21.1. The van der Waals surface area contributed by atoms with Gasteiger partial charge in [-0.25, -0.2) is 0 Å². The summed E-state index contributed by atoms with van der Waals surface area (Å²) in [5.74, 6) is 1.23. The second kappa shape index (κ2) is 8.79. The highest BCUT2D eigenvalue weighted by molar-refractivity contribution is 8.02. The molecule has 1 nitrogen and oxygen atoms in total. The Morgan fingerprint density at radius 1 is 0.958 bits per heavy atom. The third kappa shape index (κ3) is 4.78. The van der Waals surface area contributed by atoms with Gasteiger partial charge in [-0.3, -0.25) is 0 Å². The Kier molecular flexibility index (Phi) is 6.20. The Morgan fingerprint density at radius 2 is 1.62 bits per heavy atom. The second-order valence-corrected chi connectivity index (χ2v) is 7.14. The van der Waals surface area contributed by atoms with Crippen molar-refractivity contribution < 1.29 is 4.74 Å². The average molecular weight is 336 g/mol. The van der Waals surface area contributed by atoms with Gasteiger partial charge >= 0.3 is 0 Å². The van der Waals surface area contributed by atoms with Gasteiger partial charge < -0.3 is 4.74 Å². The first-order valence-electron chi connectivity index (χ1n) is 8.62. The number of benzene rings is 2. The van der Waals surface area contributed by atoms with Crippen molar-refractivity contribution in [3.8, 4) is 0 Å². The van der Waals surface area contributed by atoms with Crippen LogP contribution in [0.3, 0.4) is 0 Å². The van der Waals surface area contributed by atoms with Gasteiger partial charge in [0.15, 0.2) is 0 Å². The van der Waals surface area contributed by atoms with E-state index < -0.39 is 0 Å². The zero-order valence-electron chi connectivity index (χ0n) is 13.9. The fraction of sp³-hybridized carbons (Fsp3) is 0.273. The molecular formula is C22H24OS. The van der Waals surface area contributed by atoms with Crippen LogP contribution in [0.4, 0.5) is 0 Å². The van der Waals surface area contributed by atoms with Crippen LogP contribution < -0.4 is 0 Å². The van der Waals surface area contributed by atoms with Crippen LogP contribution in [-0.4, -0.2) is 6.10 Å². The summed E-state index contributed by atoms with van der Waals surface area (Å²) in [5.41, 5.74) is 1.39. The molecule has 0 aromatic heterocycles. The first-order chi connectivity index (χ1) is 11.8. The molecule has 1 aliphatic carbocycles. The Labute approximate surface area is 149 Å². The Balaban J connectivity index is 1.57. The van der Waals surface area contributed by atoms with Crippen molar-refractivity contribution in [2.75, 3.05) is 0 Å². The zero-order valence-corrected chi connectivity index (χ0v) is 14.8. The molecule has 0 N–H and O–H groups in total. The summed E-state index contributed by atoms with van der Waals surface area (Å²) < 4.78 is 6.20. The molecule has 0 amide bonds. The predicted octanol–water partition coefficient (Wildman–Crippen LogP) is 6.55. The molecule has 1 aliphatic rings. The summed E-state index contributed by atoms with van der Waals surface area (Å²) in [6.45, 7) is 4.09. The Bertz CT molecular complexity index is 663. The van der Waals surface area contributed by atoms with E-state index in [0.717, 1.165) is 12.2 Å². The van der Waals surface area contributed by atoms with Gasteiger partial charge in [-0.15, -0.1) is 0 Å². The third-order valence-corrected chi connectivity index (χ3v) is 5.25. The van der Waals surface area contributed by atoms with Crippen LogP contribution in [0.1, 0.15) is 37.2 Å². The highest BCUT2D eigenvalue weighted by Crippen LogP contribution is 2.36. The number of allylic oxidation sites excluding steroid dienone is 1. The van der Waals surface area contributed by atoms with E-state index in [0.29, 0.717) is 5.92 Å². The third-order valence-electron chi connectivity index (χ3n) is 4.43. The molecule has 0 heterocycles. The first-order valence-corrected chi connectivity index (χ1v) is 9.49. The van der Waals surface area contributed by atoms with Crippen molar-refractivity contribution >= 4 is 11.8 Å². The number of ether oxygens (including phenoxy) is 1. The van der Waals surface area contributed by atoms with Crippen molar-refractivity contribution in [2.45, 2.75) is 42.6 Å².